The van der Waals surface area contributed by atoms with Crippen molar-refractivity contribution in [1.29, 1.82) is 0 Å². The molecule has 2 bridgehead atoms. The van der Waals surface area contributed by atoms with Gasteiger partial charge in [-0.15, -0.1) is 0 Å². The van der Waals surface area contributed by atoms with Crippen molar-refractivity contribution < 1.29 is 4.74 Å². The van der Waals surface area contributed by atoms with Crippen LogP contribution in [0, 0.1) is 29.1 Å². The van der Waals surface area contributed by atoms with Crippen LogP contribution in [0.3, 0.4) is 0 Å². The van der Waals surface area contributed by atoms with Crippen molar-refractivity contribution in [3.63, 3.8) is 0 Å². The molecule has 0 amide bonds. The highest BCUT2D eigenvalue weighted by Gasteiger charge is 2.84. The number of rotatable bonds is 4. The summed E-state index contributed by atoms with van der Waals surface area (Å²) in [5.74, 6) is 5.37. The Bertz CT molecular complexity index is 2200. The van der Waals surface area contributed by atoms with Crippen molar-refractivity contribution in [1.82, 2.24) is 0 Å². The Morgan fingerprint density at radius 1 is 0.620 bits per heavy atom. The topological polar surface area (TPSA) is 12.5 Å². The van der Waals surface area contributed by atoms with Gasteiger partial charge in [0.05, 0.1) is 11.4 Å². The molecule has 0 N–H and O–H groups in total. The molecule has 0 radical (unpaired) electrons. The lowest BCUT2D eigenvalue weighted by Gasteiger charge is -2.77. The minimum Gasteiger partial charge on any atom is -0.454 e. The van der Waals surface area contributed by atoms with Gasteiger partial charge in [0.2, 0.25) is 0 Å². The van der Waals surface area contributed by atoms with Crippen molar-refractivity contribution in [3.05, 3.63) is 138 Å². The summed E-state index contributed by atoms with van der Waals surface area (Å²) >= 11 is 0. The van der Waals surface area contributed by atoms with Crippen molar-refractivity contribution >= 4 is 17.1 Å². The van der Waals surface area contributed by atoms with Gasteiger partial charge in [-0.3, -0.25) is 0 Å². The van der Waals surface area contributed by atoms with Crippen LogP contribution in [0.25, 0.3) is 11.1 Å². The van der Waals surface area contributed by atoms with Crippen LogP contribution in [0.2, 0.25) is 0 Å². The Kier molecular flexibility index (Phi) is 5.72. The minimum atomic E-state index is 0.0134. The summed E-state index contributed by atoms with van der Waals surface area (Å²) in [6.45, 7) is 9.80. The number of ether oxygens (including phenoxy) is 1. The maximum atomic E-state index is 7.41. The minimum absolute atomic E-state index is 0.0134. The standard InChI is InChI=1S/C48H47NO/c1-45(2)24-25-46(3,4)42-36(45)19-13-20-38(42)49(33-16-9-6-10-17-33)43-34(31-14-7-5-8-15-31)22-23-37-44(43)50-39-21-12-11-18-35(39)48(37)40-27-30-26-32-28-41(48)47(32,40)29-30/h5-23,30,32,40-41H,24-29H2,1-4H3. The van der Waals surface area contributed by atoms with Crippen LogP contribution >= 0.6 is 0 Å². The molecule has 2 heteroatoms. The normalized spacial score (nSPS) is 31.0. The molecule has 6 atom stereocenters. The zero-order chi connectivity index (χ0) is 33.6. The van der Waals surface area contributed by atoms with Crippen LogP contribution in [0.1, 0.15) is 88.5 Å². The third-order valence-electron chi connectivity index (χ3n) is 15.0. The molecular weight excluding hydrogens is 607 g/mol. The molecule has 1 heterocycles. The SMILES string of the molecule is CC1(C)CCC(C)(C)c2c(N(c3ccccc3)c3c(-c4ccccc4)ccc4c3Oc3ccccc3C43C4CC5CC6CC3C64C5)cccc21. The van der Waals surface area contributed by atoms with E-state index in [2.05, 4.69) is 148 Å². The molecule has 4 fully saturated rings. The monoisotopic (exact) mass is 653 g/mol. The highest BCUT2D eigenvalue weighted by Crippen LogP contribution is 2.89. The molecule has 11 rings (SSSR count). The molecule has 2 spiro atoms. The van der Waals surface area contributed by atoms with E-state index in [-0.39, 0.29) is 16.2 Å². The molecule has 5 aromatic rings. The summed E-state index contributed by atoms with van der Waals surface area (Å²) in [5, 5.41) is 0. The molecule has 0 saturated heterocycles. The van der Waals surface area contributed by atoms with Gasteiger partial charge in [-0.2, -0.15) is 0 Å². The predicted molar refractivity (Wildman–Crippen MR) is 204 cm³/mol. The van der Waals surface area contributed by atoms with E-state index in [0.29, 0.717) is 17.3 Å². The van der Waals surface area contributed by atoms with Crippen molar-refractivity contribution in [2.75, 3.05) is 4.90 Å². The van der Waals surface area contributed by atoms with E-state index in [1.54, 1.807) is 0 Å². The molecule has 5 aliphatic carbocycles. The molecular formula is C48H47NO. The van der Waals surface area contributed by atoms with Gasteiger partial charge in [-0.25, -0.2) is 0 Å². The zero-order valence-electron chi connectivity index (χ0n) is 29.9. The molecule has 0 aromatic heterocycles. The van der Waals surface area contributed by atoms with E-state index in [9.17, 15) is 0 Å². The van der Waals surface area contributed by atoms with E-state index in [1.807, 2.05) is 0 Å². The maximum Gasteiger partial charge on any atom is 0.156 e. The quantitative estimate of drug-likeness (QED) is 0.191. The summed E-state index contributed by atoms with van der Waals surface area (Å²) < 4.78 is 7.41. The number of para-hydroxylation sites is 2. The van der Waals surface area contributed by atoms with Crippen LogP contribution in [0.5, 0.6) is 11.5 Å². The second kappa shape index (κ2) is 9.72. The van der Waals surface area contributed by atoms with E-state index in [4.69, 9.17) is 4.74 Å². The van der Waals surface area contributed by atoms with E-state index in [0.717, 1.165) is 29.8 Å². The second-order valence-corrected chi connectivity index (χ2v) is 18.0. The fourth-order valence-electron chi connectivity index (χ4n) is 13.1. The molecule has 6 unspecified atom stereocenters. The Morgan fingerprint density at radius 2 is 1.32 bits per heavy atom. The molecule has 6 aliphatic rings. The van der Waals surface area contributed by atoms with Crippen LogP contribution in [-0.2, 0) is 16.2 Å². The smallest absolute Gasteiger partial charge is 0.156 e. The first-order valence-electron chi connectivity index (χ1n) is 19.2. The highest BCUT2D eigenvalue weighted by atomic mass is 16.5. The second-order valence-electron chi connectivity index (χ2n) is 18.0. The number of benzene rings is 5. The largest absolute Gasteiger partial charge is 0.454 e. The van der Waals surface area contributed by atoms with Crippen LogP contribution in [0.4, 0.5) is 17.1 Å². The van der Waals surface area contributed by atoms with E-state index in [1.165, 1.54) is 82.5 Å². The van der Waals surface area contributed by atoms with Gasteiger partial charge in [0.25, 0.3) is 0 Å². The third kappa shape index (κ3) is 3.46. The van der Waals surface area contributed by atoms with Gasteiger partial charge in [0.15, 0.2) is 5.75 Å². The molecule has 5 aromatic carbocycles. The Hall–Kier alpha value is -4.30. The van der Waals surface area contributed by atoms with Gasteiger partial charge in [-0.1, -0.05) is 119 Å². The number of anilines is 3. The lowest BCUT2D eigenvalue weighted by atomic mass is 9.26. The van der Waals surface area contributed by atoms with E-state index >= 15 is 0 Å². The van der Waals surface area contributed by atoms with Crippen LogP contribution in [0.15, 0.2) is 115 Å². The number of nitrogens with zero attached hydrogens (tertiary/aromatic N) is 1. The van der Waals surface area contributed by atoms with Crippen LogP contribution < -0.4 is 9.64 Å². The first-order chi connectivity index (χ1) is 24.2. The first kappa shape index (κ1) is 29.4. The summed E-state index contributed by atoms with van der Waals surface area (Å²) in [5.41, 5.74) is 12.6. The number of hydrogen-bond acceptors (Lipinski definition) is 2. The summed E-state index contributed by atoms with van der Waals surface area (Å²) in [6, 6.07) is 43.4. The molecule has 50 heavy (non-hydrogen) atoms. The van der Waals surface area contributed by atoms with Gasteiger partial charge in [0, 0.05) is 27.8 Å². The number of hydrogen-bond donors (Lipinski definition) is 0. The Morgan fingerprint density at radius 3 is 2.12 bits per heavy atom. The number of fused-ring (bicyclic) bond motifs is 8. The van der Waals surface area contributed by atoms with Gasteiger partial charge in [0.1, 0.15) is 5.75 Å². The summed E-state index contributed by atoms with van der Waals surface area (Å²) in [4.78, 5) is 2.60. The molecule has 250 valence electrons. The average Bonchev–Trinajstić information content (AvgIpc) is 3.66. The van der Waals surface area contributed by atoms with Gasteiger partial charge < -0.3 is 9.64 Å². The molecule has 2 nitrogen and oxygen atoms in total. The molecule has 4 saturated carbocycles. The van der Waals surface area contributed by atoms with Gasteiger partial charge in [-0.05, 0) is 119 Å². The van der Waals surface area contributed by atoms with Crippen molar-refractivity contribution in [3.8, 4) is 22.6 Å². The zero-order valence-corrected chi connectivity index (χ0v) is 29.9. The first-order valence-corrected chi connectivity index (χ1v) is 19.2. The van der Waals surface area contributed by atoms with Crippen molar-refractivity contribution in [2.45, 2.75) is 82.5 Å². The predicted octanol–water partition coefficient (Wildman–Crippen LogP) is 12.6. The fraction of sp³-hybridized carbons (Fsp3) is 0.375. The van der Waals surface area contributed by atoms with Gasteiger partial charge >= 0.3 is 0 Å². The lowest BCUT2D eigenvalue weighted by molar-refractivity contribution is -0.235. The Balaban J connectivity index is 1.24. The average molecular weight is 654 g/mol. The highest BCUT2D eigenvalue weighted by molar-refractivity contribution is 5.95. The summed E-state index contributed by atoms with van der Waals surface area (Å²) in [6.07, 6.45) is 8.01. The molecule has 1 aliphatic heterocycles. The Labute approximate surface area is 297 Å². The third-order valence-corrected chi connectivity index (χ3v) is 15.0. The fourth-order valence-corrected chi connectivity index (χ4v) is 13.1. The van der Waals surface area contributed by atoms with Crippen molar-refractivity contribution in [2.24, 2.45) is 29.1 Å². The van der Waals surface area contributed by atoms with E-state index < -0.39 is 0 Å². The van der Waals surface area contributed by atoms with Crippen LogP contribution in [-0.4, -0.2) is 0 Å². The lowest BCUT2D eigenvalue weighted by Crippen LogP contribution is -2.74. The maximum absolute atomic E-state index is 7.41. The summed E-state index contributed by atoms with van der Waals surface area (Å²) in [7, 11) is 0.